The Hall–Kier alpha value is -3.58. The molecule has 0 aliphatic rings. The van der Waals surface area contributed by atoms with Crippen LogP contribution in [0.2, 0.25) is 0 Å². The summed E-state index contributed by atoms with van der Waals surface area (Å²) >= 11 is 1.49. The number of nitrogens with one attached hydrogen (secondary N) is 2. The van der Waals surface area contributed by atoms with Crippen LogP contribution in [0.3, 0.4) is 0 Å². The summed E-state index contributed by atoms with van der Waals surface area (Å²) < 4.78 is 0. The maximum atomic E-state index is 12.5. The maximum absolute atomic E-state index is 12.5. The predicted octanol–water partition coefficient (Wildman–Crippen LogP) is 4.52. The molecule has 0 saturated heterocycles. The van der Waals surface area contributed by atoms with Crippen molar-refractivity contribution in [1.82, 2.24) is 15.0 Å². The molecule has 0 fully saturated rings. The van der Waals surface area contributed by atoms with Crippen molar-refractivity contribution in [2.24, 2.45) is 0 Å². The molecule has 1 amide bonds. The number of hydrogen-bond donors (Lipinski definition) is 2. The minimum absolute atomic E-state index is 0.220. The van der Waals surface area contributed by atoms with Crippen molar-refractivity contribution in [2.75, 3.05) is 10.6 Å². The van der Waals surface area contributed by atoms with E-state index >= 15 is 0 Å². The third-order valence-electron chi connectivity index (χ3n) is 3.95. The van der Waals surface area contributed by atoms with E-state index in [9.17, 15) is 4.79 Å². The molecule has 138 valence electrons. The van der Waals surface area contributed by atoms with Crippen molar-refractivity contribution in [3.05, 3.63) is 94.7 Å². The van der Waals surface area contributed by atoms with Crippen LogP contribution in [0.5, 0.6) is 0 Å². The first-order chi connectivity index (χ1) is 13.8. The molecule has 6 nitrogen and oxygen atoms in total. The molecule has 2 aromatic heterocycles. The first-order valence-electron chi connectivity index (χ1n) is 8.70. The zero-order chi connectivity index (χ0) is 19.2. The van der Waals surface area contributed by atoms with Gasteiger partial charge in [-0.1, -0.05) is 30.3 Å². The number of thiazole rings is 1. The van der Waals surface area contributed by atoms with E-state index in [2.05, 4.69) is 37.7 Å². The van der Waals surface area contributed by atoms with Crippen LogP contribution in [0.15, 0.2) is 78.4 Å². The molecule has 0 atom stereocenters. The molecular formula is C21H17N5OS. The lowest BCUT2D eigenvalue weighted by molar-refractivity contribution is 0.102. The number of carbonyl (C=O) groups is 1. The second-order valence-corrected chi connectivity index (χ2v) is 6.96. The molecule has 2 aromatic carbocycles. The van der Waals surface area contributed by atoms with Gasteiger partial charge in [-0.25, -0.2) is 15.0 Å². The average molecular weight is 387 g/mol. The van der Waals surface area contributed by atoms with E-state index in [1.54, 1.807) is 23.8 Å². The van der Waals surface area contributed by atoms with Crippen molar-refractivity contribution in [3.8, 4) is 0 Å². The monoisotopic (exact) mass is 387 g/mol. The van der Waals surface area contributed by atoms with Gasteiger partial charge in [-0.15, -0.1) is 11.3 Å². The van der Waals surface area contributed by atoms with Gasteiger partial charge in [-0.2, -0.15) is 0 Å². The first kappa shape index (κ1) is 17.8. The topological polar surface area (TPSA) is 79.8 Å². The largest absolute Gasteiger partial charge is 0.324 e. The molecule has 2 heterocycles. The van der Waals surface area contributed by atoms with Crippen molar-refractivity contribution in [1.29, 1.82) is 0 Å². The molecule has 28 heavy (non-hydrogen) atoms. The normalized spacial score (nSPS) is 10.4. The second kappa shape index (κ2) is 8.41. The van der Waals surface area contributed by atoms with Crippen LogP contribution >= 0.6 is 11.3 Å². The van der Waals surface area contributed by atoms with Crippen molar-refractivity contribution in [2.45, 2.75) is 6.42 Å². The van der Waals surface area contributed by atoms with Crippen LogP contribution in [-0.2, 0) is 6.42 Å². The number of anilines is 3. The molecule has 0 aliphatic carbocycles. The molecule has 0 radical (unpaired) electrons. The third-order valence-corrected chi connectivity index (χ3v) is 4.80. The highest BCUT2D eigenvalue weighted by Gasteiger charge is 2.11. The Balaban J connectivity index is 1.37. The van der Waals surface area contributed by atoms with Crippen LogP contribution in [0.25, 0.3) is 0 Å². The molecule has 2 N–H and O–H groups in total. The zero-order valence-corrected chi connectivity index (χ0v) is 15.7. The fraction of sp³-hybridized carbons (Fsp3) is 0.0476. The molecule has 0 saturated carbocycles. The van der Waals surface area contributed by atoms with Gasteiger partial charge in [0.25, 0.3) is 5.91 Å². The molecule has 0 spiro atoms. The van der Waals surface area contributed by atoms with Gasteiger partial charge >= 0.3 is 0 Å². The van der Waals surface area contributed by atoms with E-state index in [4.69, 9.17) is 0 Å². The number of benzene rings is 2. The highest BCUT2D eigenvalue weighted by molar-refractivity contribution is 7.09. The fourth-order valence-corrected chi connectivity index (χ4v) is 3.40. The van der Waals surface area contributed by atoms with Crippen LogP contribution in [0.4, 0.5) is 17.3 Å². The molecule has 4 rings (SSSR count). The predicted molar refractivity (Wildman–Crippen MR) is 111 cm³/mol. The minimum Gasteiger partial charge on any atom is -0.324 e. The standard InChI is InChI=1S/C21H17N5OS/c27-20(18-14-28-19(26-18)13-15-5-2-1-3-6-15)24-16-7-9-17(10-8-16)25-21-22-11-4-12-23-21/h1-12,14H,13H2,(H,24,27)(H,22,23,25). The molecule has 4 aromatic rings. The number of aromatic nitrogens is 3. The number of nitrogens with zero attached hydrogens (tertiary/aromatic N) is 3. The van der Waals surface area contributed by atoms with Crippen molar-refractivity contribution in [3.63, 3.8) is 0 Å². The highest BCUT2D eigenvalue weighted by atomic mass is 32.1. The van der Waals surface area contributed by atoms with E-state index < -0.39 is 0 Å². The van der Waals surface area contributed by atoms with E-state index in [1.165, 1.54) is 16.9 Å². The highest BCUT2D eigenvalue weighted by Crippen LogP contribution is 2.19. The number of hydrogen-bond acceptors (Lipinski definition) is 6. The Bertz CT molecular complexity index is 1050. The van der Waals surface area contributed by atoms with Gasteiger partial charge in [0.05, 0.1) is 5.01 Å². The summed E-state index contributed by atoms with van der Waals surface area (Å²) in [5.74, 6) is 0.301. The average Bonchev–Trinajstić information content (AvgIpc) is 3.20. The smallest absolute Gasteiger partial charge is 0.275 e. The third kappa shape index (κ3) is 4.57. The number of carbonyl (C=O) groups excluding carboxylic acids is 1. The van der Waals surface area contributed by atoms with Crippen molar-refractivity contribution >= 4 is 34.6 Å². The SMILES string of the molecule is O=C(Nc1ccc(Nc2ncccn2)cc1)c1csc(Cc2ccccc2)n1. The lowest BCUT2D eigenvalue weighted by Gasteiger charge is -2.06. The van der Waals surface area contributed by atoms with Crippen molar-refractivity contribution < 1.29 is 4.79 Å². The van der Waals surface area contributed by atoms with Gasteiger partial charge in [0.1, 0.15) is 5.69 Å². The van der Waals surface area contributed by atoms with Gasteiger partial charge in [0, 0.05) is 35.6 Å². The van der Waals surface area contributed by atoms with E-state index in [0.29, 0.717) is 17.3 Å². The molecule has 0 bridgehead atoms. The quantitative estimate of drug-likeness (QED) is 0.508. The Morgan fingerprint density at radius 3 is 2.36 bits per heavy atom. The van der Waals surface area contributed by atoms with Crippen LogP contribution in [0.1, 0.15) is 21.1 Å². The Morgan fingerprint density at radius 1 is 0.893 bits per heavy atom. The summed E-state index contributed by atoms with van der Waals surface area (Å²) in [6.45, 7) is 0. The van der Waals surface area contributed by atoms with Crippen LogP contribution in [-0.4, -0.2) is 20.9 Å². The van der Waals surface area contributed by atoms with Crippen LogP contribution < -0.4 is 10.6 Å². The Kier molecular flexibility index (Phi) is 5.35. The van der Waals surface area contributed by atoms with Gasteiger partial charge in [0.2, 0.25) is 5.95 Å². The van der Waals surface area contributed by atoms with E-state index in [1.807, 2.05) is 42.5 Å². The Labute approximate surface area is 166 Å². The minimum atomic E-state index is -0.220. The van der Waals surface area contributed by atoms with E-state index in [-0.39, 0.29) is 5.91 Å². The molecule has 0 unspecified atom stereocenters. The molecule has 7 heteroatoms. The fourth-order valence-electron chi connectivity index (χ4n) is 2.59. The summed E-state index contributed by atoms with van der Waals surface area (Å²) in [7, 11) is 0. The summed E-state index contributed by atoms with van der Waals surface area (Å²) in [5.41, 5.74) is 3.13. The van der Waals surface area contributed by atoms with Gasteiger partial charge in [-0.3, -0.25) is 4.79 Å². The lowest BCUT2D eigenvalue weighted by Crippen LogP contribution is -2.12. The maximum Gasteiger partial charge on any atom is 0.275 e. The number of rotatable bonds is 6. The second-order valence-electron chi connectivity index (χ2n) is 6.02. The summed E-state index contributed by atoms with van der Waals surface area (Å²) in [6, 6.07) is 19.2. The number of amides is 1. The summed E-state index contributed by atoms with van der Waals surface area (Å²) in [4.78, 5) is 25.1. The Morgan fingerprint density at radius 2 is 1.61 bits per heavy atom. The summed E-state index contributed by atoms with van der Waals surface area (Å²) in [5, 5.41) is 8.67. The van der Waals surface area contributed by atoms with Crippen LogP contribution in [0, 0.1) is 0 Å². The van der Waals surface area contributed by atoms with Gasteiger partial charge in [-0.05, 0) is 35.9 Å². The first-order valence-corrected chi connectivity index (χ1v) is 9.58. The zero-order valence-electron chi connectivity index (χ0n) is 14.9. The van der Waals surface area contributed by atoms with Gasteiger partial charge < -0.3 is 10.6 Å². The summed E-state index contributed by atoms with van der Waals surface area (Å²) in [6.07, 6.45) is 4.06. The molecular weight excluding hydrogens is 370 g/mol. The molecule has 0 aliphatic heterocycles. The van der Waals surface area contributed by atoms with E-state index in [0.717, 1.165) is 17.1 Å². The van der Waals surface area contributed by atoms with Gasteiger partial charge in [0.15, 0.2) is 0 Å². The lowest BCUT2D eigenvalue weighted by atomic mass is 10.2.